The van der Waals surface area contributed by atoms with Crippen LogP contribution in [0.1, 0.15) is 0 Å². The lowest BCUT2D eigenvalue weighted by atomic mass is 10.2. The summed E-state index contributed by atoms with van der Waals surface area (Å²) < 4.78 is 7.13. The SMILES string of the molecule is Clc1cc(Nc2ncc(-c3cn[nH]c3)n3ncnc23)ccc1N1CCOCC1. The van der Waals surface area contributed by atoms with Crippen molar-refractivity contribution in [2.45, 2.75) is 0 Å². The van der Waals surface area contributed by atoms with Gasteiger partial charge in [0.05, 0.1) is 42.0 Å². The summed E-state index contributed by atoms with van der Waals surface area (Å²) in [6.45, 7) is 3.11. The van der Waals surface area contributed by atoms with Crippen LogP contribution in [0, 0.1) is 0 Å². The number of hydrogen-bond acceptors (Lipinski definition) is 7. The lowest BCUT2D eigenvalue weighted by Gasteiger charge is -2.29. The highest BCUT2D eigenvalue weighted by molar-refractivity contribution is 6.33. The van der Waals surface area contributed by atoms with Crippen LogP contribution in [0.25, 0.3) is 16.9 Å². The first kappa shape index (κ1) is 17.0. The predicted octanol–water partition coefficient (Wildman–Crippen LogP) is 2.75. The van der Waals surface area contributed by atoms with E-state index in [1.54, 1.807) is 23.1 Å². The molecule has 0 aliphatic carbocycles. The van der Waals surface area contributed by atoms with Crippen LogP contribution in [-0.2, 0) is 4.74 Å². The van der Waals surface area contributed by atoms with Crippen LogP contribution in [0.3, 0.4) is 0 Å². The first-order valence-electron chi connectivity index (χ1n) is 8.87. The zero-order valence-electron chi connectivity index (χ0n) is 14.8. The summed E-state index contributed by atoms with van der Waals surface area (Å²) in [7, 11) is 0. The third kappa shape index (κ3) is 3.04. The molecule has 1 aromatic carbocycles. The fourth-order valence-corrected chi connectivity index (χ4v) is 3.58. The van der Waals surface area contributed by atoms with Gasteiger partial charge >= 0.3 is 0 Å². The fraction of sp³-hybridized carbons (Fsp3) is 0.222. The van der Waals surface area contributed by atoms with Crippen LogP contribution in [-0.4, -0.2) is 56.1 Å². The number of rotatable bonds is 4. The summed E-state index contributed by atoms with van der Waals surface area (Å²) in [5.74, 6) is 0.597. The Bertz CT molecular complexity index is 1100. The van der Waals surface area contributed by atoms with E-state index in [4.69, 9.17) is 16.3 Å². The molecular formula is C18H17ClN8O. The normalized spacial score (nSPS) is 14.5. The second-order valence-electron chi connectivity index (χ2n) is 6.37. The maximum atomic E-state index is 6.53. The van der Waals surface area contributed by atoms with Crippen molar-refractivity contribution in [3.8, 4) is 11.3 Å². The van der Waals surface area contributed by atoms with Gasteiger partial charge < -0.3 is 15.0 Å². The highest BCUT2D eigenvalue weighted by Crippen LogP contribution is 2.31. The smallest absolute Gasteiger partial charge is 0.199 e. The molecule has 10 heteroatoms. The van der Waals surface area contributed by atoms with E-state index in [1.165, 1.54) is 6.33 Å². The number of anilines is 3. The molecule has 0 bridgehead atoms. The molecule has 0 amide bonds. The van der Waals surface area contributed by atoms with Gasteiger partial charge in [-0.25, -0.2) is 14.5 Å². The monoisotopic (exact) mass is 396 g/mol. The summed E-state index contributed by atoms with van der Waals surface area (Å²) in [5.41, 5.74) is 4.13. The Kier molecular flexibility index (Phi) is 4.30. The minimum atomic E-state index is 0.597. The maximum absolute atomic E-state index is 6.53. The highest BCUT2D eigenvalue weighted by atomic mass is 35.5. The van der Waals surface area contributed by atoms with Crippen molar-refractivity contribution in [2.24, 2.45) is 0 Å². The first-order chi connectivity index (χ1) is 13.8. The van der Waals surface area contributed by atoms with Crippen molar-refractivity contribution in [3.63, 3.8) is 0 Å². The van der Waals surface area contributed by atoms with E-state index in [0.717, 1.165) is 35.7 Å². The van der Waals surface area contributed by atoms with Crippen LogP contribution in [0.2, 0.25) is 5.02 Å². The highest BCUT2D eigenvalue weighted by Gasteiger charge is 2.16. The number of fused-ring (bicyclic) bond motifs is 1. The predicted molar refractivity (Wildman–Crippen MR) is 106 cm³/mol. The van der Waals surface area contributed by atoms with Crippen LogP contribution in [0.15, 0.2) is 43.1 Å². The molecule has 142 valence electrons. The molecule has 1 saturated heterocycles. The van der Waals surface area contributed by atoms with Crippen LogP contribution < -0.4 is 10.2 Å². The quantitative estimate of drug-likeness (QED) is 0.547. The number of aromatic amines is 1. The summed E-state index contributed by atoms with van der Waals surface area (Å²) in [4.78, 5) is 11.1. The second-order valence-corrected chi connectivity index (χ2v) is 6.77. The van der Waals surface area contributed by atoms with Crippen LogP contribution >= 0.6 is 11.6 Å². The van der Waals surface area contributed by atoms with Crippen molar-refractivity contribution in [1.29, 1.82) is 0 Å². The third-order valence-electron chi connectivity index (χ3n) is 4.66. The molecule has 0 saturated carbocycles. The van der Waals surface area contributed by atoms with E-state index in [-0.39, 0.29) is 0 Å². The minimum absolute atomic E-state index is 0.597. The number of ether oxygens (including phenoxy) is 1. The van der Waals surface area contributed by atoms with E-state index in [9.17, 15) is 0 Å². The molecule has 0 spiro atoms. The molecule has 0 unspecified atom stereocenters. The van der Waals surface area contributed by atoms with E-state index in [2.05, 4.69) is 35.5 Å². The van der Waals surface area contributed by atoms with Crippen LogP contribution in [0.4, 0.5) is 17.2 Å². The largest absolute Gasteiger partial charge is 0.378 e. The van der Waals surface area contributed by atoms with E-state index in [0.29, 0.717) is 29.7 Å². The summed E-state index contributed by atoms with van der Waals surface area (Å²) >= 11 is 6.53. The Labute approximate surface area is 165 Å². The van der Waals surface area contributed by atoms with E-state index in [1.807, 2.05) is 18.2 Å². The van der Waals surface area contributed by atoms with E-state index >= 15 is 0 Å². The number of nitrogens with zero attached hydrogens (tertiary/aromatic N) is 6. The number of nitrogens with one attached hydrogen (secondary N) is 2. The standard InChI is InChI=1S/C18H17ClN8O/c19-14-7-13(1-2-15(14)26-3-5-28-6-4-26)25-17-18-21-11-24-27(18)16(10-20-17)12-8-22-23-9-12/h1-2,7-11H,3-6H2,(H,20,25)(H,22,23). The number of H-pyrrole nitrogens is 1. The number of halogens is 1. The van der Waals surface area contributed by atoms with Gasteiger partial charge in [-0.2, -0.15) is 10.2 Å². The van der Waals surface area contributed by atoms with Gasteiger partial charge in [-0.05, 0) is 18.2 Å². The Morgan fingerprint density at radius 1 is 1.14 bits per heavy atom. The molecular weight excluding hydrogens is 380 g/mol. The molecule has 5 rings (SSSR count). The number of hydrogen-bond donors (Lipinski definition) is 2. The molecule has 0 radical (unpaired) electrons. The Morgan fingerprint density at radius 3 is 2.82 bits per heavy atom. The molecule has 4 aromatic rings. The van der Waals surface area contributed by atoms with Gasteiger partial charge in [0.15, 0.2) is 11.5 Å². The molecule has 0 atom stereocenters. The fourth-order valence-electron chi connectivity index (χ4n) is 3.28. The lowest BCUT2D eigenvalue weighted by Crippen LogP contribution is -2.36. The number of aromatic nitrogens is 6. The molecule has 4 heterocycles. The van der Waals surface area contributed by atoms with Gasteiger partial charge in [-0.3, -0.25) is 5.10 Å². The average molecular weight is 397 g/mol. The summed E-state index contributed by atoms with van der Waals surface area (Å²) in [5, 5.41) is 15.1. The van der Waals surface area contributed by atoms with Crippen molar-refractivity contribution >= 4 is 34.4 Å². The zero-order valence-corrected chi connectivity index (χ0v) is 15.6. The molecule has 1 fully saturated rings. The summed E-state index contributed by atoms with van der Waals surface area (Å²) in [6.07, 6.45) is 6.74. The zero-order chi connectivity index (χ0) is 18.9. The summed E-state index contributed by atoms with van der Waals surface area (Å²) in [6, 6.07) is 5.89. The molecule has 9 nitrogen and oxygen atoms in total. The molecule has 1 aliphatic heterocycles. The molecule has 1 aliphatic rings. The Hall–Kier alpha value is -3.17. The molecule has 28 heavy (non-hydrogen) atoms. The number of benzene rings is 1. The second kappa shape index (κ2) is 7.10. The van der Waals surface area contributed by atoms with Crippen LogP contribution in [0.5, 0.6) is 0 Å². The maximum Gasteiger partial charge on any atom is 0.199 e. The van der Waals surface area contributed by atoms with Gasteiger partial charge in [0.25, 0.3) is 0 Å². The van der Waals surface area contributed by atoms with Gasteiger partial charge in [0, 0.05) is 30.5 Å². The van der Waals surface area contributed by atoms with Crippen molar-refractivity contribution in [2.75, 3.05) is 36.5 Å². The van der Waals surface area contributed by atoms with Gasteiger partial charge in [0.2, 0.25) is 0 Å². The van der Waals surface area contributed by atoms with Crippen molar-refractivity contribution < 1.29 is 4.74 Å². The lowest BCUT2D eigenvalue weighted by molar-refractivity contribution is 0.122. The Balaban J connectivity index is 1.45. The topological polar surface area (TPSA) is 96.3 Å². The molecule has 3 aromatic heterocycles. The minimum Gasteiger partial charge on any atom is -0.378 e. The Morgan fingerprint density at radius 2 is 2.04 bits per heavy atom. The van der Waals surface area contributed by atoms with Gasteiger partial charge in [0.1, 0.15) is 6.33 Å². The third-order valence-corrected chi connectivity index (χ3v) is 4.96. The van der Waals surface area contributed by atoms with Gasteiger partial charge in [-0.1, -0.05) is 11.6 Å². The average Bonchev–Trinajstić information content (AvgIpc) is 3.42. The van der Waals surface area contributed by atoms with Crippen molar-refractivity contribution in [1.82, 2.24) is 29.8 Å². The van der Waals surface area contributed by atoms with Crippen molar-refractivity contribution in [3.05, 3.63) is 48.1 Å². The van der Waals surface area contributed by atoms with Gasteiger partial charge in [-0.15, -0.1) is 0 Å². The van der Waals surface area contributed by atoms with E-state index < -0.39 is 0 Å². The molecule has 2 N–H and O–H groups in total. The first-order valence-corrected chi connectivity index (χ1v) is 9.24. The number of morpholine rings is 1.